The van der Waals surface area contributed by atoms with Gasteiger partial charge in [-0.2, -0.15) is 0 Å². The zero-order valence-corrected chi connectivity index (χ0v) is 14.2. The minimum atomic E-state index is -0.375. The molecule has 0 amide bonds. The van der Waals surface area contributed by atoms with Gasteiger partial charge < -0.3 is 14.6 Å². The molecular weight excluding hydrogens is 294 g/mol. The first-order valence-electron chi connectivity index (χ1n) is 7.72. The second kappa shape index (κ2) is 7.26. The van der Waals surface area contributed by atoms with Crippen molar-refractivity contribution in [2.45, 2.75) is 53.2 Å². The van der Waals surface area contributed by atoms with Crippen molar-refractivity contribution in [1.82, 2.24) is 10.1 Å². The molecule has 0 aliphatic rings. The average molecular weight is 317 g/mol. The van der Waals surface area contributed by atoms with Crippen LogP contribution in [0.2, 0.25) is 0 Å². The summed E-state index contributed by atoms with van der Waals surface area (Å²) in [6.07, 6.45) is 2.21. The molecule has 2 aromatic heterocycles. The molecule has 124 valence electrons. The molecule has 0 aromatic carbocycles. The molecule has 6 nitrogen and oxygen atoms in total. The molecule has 1 unspecified atom stereocenters. The summed E-state index contributed by atoms with van der Waals surface area (Å²) in [6, 6.07) is 3.50. The highest BCUT2D eigenvalue weighted by Crippen LogP contribution is 2.19. The van der Waals surface area contributed by atoms with Crippen LogP contribution < -0.4 is 5.32 Å². The average Bonchev–Trinajstić information content (AvgIpc) is 2.79. The van der Waals surface area contributed by atoms with Gasteiger partial charge in [-0.3, -0.25) is 0 Å². The first kappa shape index (κ1) is 17.0. The first-order chi connectivity index (χ1) is 10.9. The molecule has 0 saturated carbocycles. The highest BCUT2D eigenvalue weighted by atomic mass is 16.5. The summed E-state index contributed by atoms with van der Waals surface area (Å²) in [5, 5.41) is 7.24. The predicted molar refractivity (Wildman–Crippen MR) is 87.6 cm³/mol. The molecule has 0 aliphatic carbocycles. The third kappa shape index (κ3) is 4.31. The van der Waals surface area contributed by atoms with Gasteiger partial charge in [-0.25, -0.2) is 9.78 Å². The second-order valence-corrected chi connectivity index (χ2v) is 5.91. The molecule has 0 radical (unpaired) electrons. The Morgan fingerprint density at radius 3 is 2.70 bits per heavy atom. The second-order valence-electron chi connectivity index (χ2n) is 5.91. The Balaban J connectivity index is 2.12. The van der Waals surface area contributed by atoms with Crippen molar-refractivity contribution >= 4 is 11.8 Å². The lowest BCUT2D eigenvalue weighted by Gasteiger charge is -2.17. The lowest BCUT2D eigenvalue weighted by Crippen LogP contribution is -2.22. The molecule has 23 heavy (non-hydrogen) atoms. The number of hydrogen-bond donors (Lipinski definition) is 1. The number of pyridine rings is 1. The maximum Gasteiger partial charge on any atom is 0.342 e. The van der Waals surface area contributed by atoms with Crippen LogP contribution in [0.25, 0.3) is 0 Å². The van der Waals surface area contributed by atoms with Crippen LogP contribution in [0.4, 0.5) is 5.82 Å². The van der Waals surface area contributed by atoms with E-state index in [4.69, 9.17) is 9.26 Å². The van der Waals surface area contributed by atoms with Gasteiger partial charge in [0.1, 0.15) is 17.1 Å². The third-order valence-electron chi connectivity index (χ3n) is 3.45. The summed E-state index contributed by atoms with van der Waals surface area (Å²) < 4.78 is 10.4. The van der Waals surface area contributed by atoms with Crippen LogP contribution in [0.5, 0.6) is 0 Å². The van der Waals surface area contributed by atoms with Gasteiger partial charge in [0.15, 0.2) is 0 Å². The Morgan fingerprint density at radius 1 is 1.35 bits per heavy atom. The number of hydrogen-bond acceptors (Lipinski definition) is 6. The minimum absolute atomic E-state index is 0.0623. The van der Waals surface area contributed by atoms with Gasteiger partial charge in [0.25, 0.3) is 0 Å². The van der Waals surface area contributed by atoms with Crippen molar-refractivity contribution in [3.63, 3.8) is 0 Å². The molecular formula is C17H23N3O3. The Labute approximate surface area is 136 Å². The highest BCUT2D eigenvalue weighted by Gasteiger charge is 2.18. The molecule has 2 aromatic rings. The van der Waals surface area contributed by atoms with Gasteiger partial charge in [0.05, 0.1) is 11.8 Å². The number of anilines is 1. The molecule has 0 bridgehead atoms. The van der Waals surface area contributed by atoms with Crippen LogP contribution in [0.15, 0.2) is 22.9 Å². The van der Waals surface area contributed by atoms with Crippen molar-refractivity contribution in [2.24, 2.45) is 0 Å². The zero-order chi connectivity index (χ0) is 17.0. The van der Waals surface area contributed by atoms with E-state index in [1.807, 2.05) is 34.6 Å². The number of carbonyl (C=O) groups is 1. The quantitative estimate of drug-likeness (QED) is 0.824. The minimum Gasteiger partial charge on any atom is -0.459 e. The number of nitrogens with zero attached hydrogens (tertiary/aromatic N) is 2. The lowest BCUT2D eigenvalue weighted by molar-refractivity contribution is 0.0378. The third-order valence-corrected chi connectivity index (χ3v) is 3.45. The molecule has 1 N–H and O–H groups in total. The SMILES string of the molecule is Cc1noc(C)c1CC(C)Nc1ncccc1C(=O)OC(C)C. The number of carbonyl (C=O) groups excluding carboxylic acids is 1. The number of ether oxygens (including phenoxy) is 1. The van der Waals surface area contributed by atoms with E-state index in [2.05, 4.69) is 15.5 Å². The molecule has 0 fully saturated rings. The van der Waals surface area contributed by atoms with Crippen molar-refractivity contribution < 1.29 is 14.1 Å². The van der Waals surface area contributed by atoms with Crippen LogP contribution in [-0.2, 0) is 11.2 Å². The molecule has 2 rings (SSSR count). The number of aromatic nitrogens is 2. The lowest BCUT2D eigenvalue weighted by atomic mass is 10.1. The van der Waals surface area contributed by atoms with E-state index >= 15 is 0 Å². The van der Waals surface area contributed by atoms with Crippen LogP contribution in [-0.4, -0.2) is 28.3 Å². The maximum absolute atomic E-state index is 12.2. The van der Waals surface area contributed by atoms with Gasteiger partial charge in [-0.1, -0.05) is 5.16 Å². The van der Waals surface area contributed by atoms with Crippen molar-refractivity contribution in [2.75, 3.05) is 5.32 Å². The maximum atomic E-state index is 12.2. The Morgan fingerprint density at radius 2 is 2.09 bits per heavy atom. The fourth-order valence-corrected chi connectivity index (χ4v) is 2.35. The Kier molecular flexibility index (Phi) is 5.36. The summed E-state index contributed by atoms with van der Waals surface area (Å²) in [7, 11) is 0. The van der Waals surface area contributed by atoms with Crippen molar-refractivity contribution in [3.8, 4) is 0 Å². The summed E-state index contributed by atoms with van der Waals surface area (Å²) >= 11 is 0. The molecule has 1 atom stereocenters. The first-order valence-corrected chi connectivity index (χ1v) is 7.72. The van der Waals surface area contributed by atoms with Crippen LogP contribution in [0.1, 0.15) is 48.1 Å². The number of rotatable bonds is 6. The smallest absolute Gasteiger partial charge is 0.342 e. The van der Waals surface area contributed by atoms with Gasteiger partial charge in [-0.05, 0) is 53.2 Å². The summed E-state index contributed by atoms with van der Waals surface area (Å²) in [4.78, 5) is 16.4. The molecule has 6 heteroatoms. The van der Waals surface area contributed by atoms with Crippen LogP contribution in [0, 0.1) is 13.8 Å². The van der Waals surface area contributed by atoms with Gasteiger partial charge in [0, 0.05) is 17.8 Å². The van der Waals surface area contributed by atoms with E-state index < -0.39 is 0 Å². The number of aryl methyl sites for hydroxylation is 2. The van der Waals surface area contributed by atoms with Gasteiger partial charge >= 0.3 is 5.97 Å². The summed E-state index contributed by atoms with van der Waals surface area (Å²) in [6.45, 7) is 9.49. The summed E-state index contributed by atoms with van der Waals surface area (Å²) in [5.74, 6) is 0.967. The Hall–Kier alpha value is -2.37. The predicted octanol–water partition coefficient (Wildman–Crippen LogP) is 3.29. The van der Waals surface area contributed by atoms with E-state index in [1.165, 1.54) is 0 Å². The van der Waals surface area contributed by atoms with Gasteiger partial charge in [0.2, 0.25) is 0 Å². The molecule has 2 heterocycles. The van der Waals surface area contributed by atoms with E-state index in [-0.39, 0.29) is 18.1 Å². The molecule has 0 saturated heterocycles. The monoisotopic (exact) mass is 317 g/mol. The standard InChI is InChI=1S/C17H23N3O3/c1-10(2)22-17(21)14-7-6-8-18-16(14)19-11(3)9-15-12(4)20-23-13(15)5/h6-8,10-11H,9H2,1-5H3,(H,18,19). The van der Waals surface area contributed by atoms with Crippen molar-refractivity contribution in [3.05, 3.63) is 40.9 Å². The van der Waals surface area contributed by atoms with E-state index in [0.29, 0.717) is 11.4 Å². The number of esters is 1. The topological polar surface area (TPSA) is 77.3 Å². The molecule has 0 aliphatic heterocycles. The number of nitrogens with one attached hydrogen (secondary N) is 1. The van der Waals surface area contributed by atoms with Crippen molar-refractivity contribution in [1.29, 1.82) is 0 Å². The molecule has 0 spiro atoms. The zero-order valence-electron chi connectivity index (χ0n) is 14.2. The van der Waals surface area contributed by atoms with E-state index in [1.54, 1.807) is 18.3 Å². The normalized spacial score (nSPS) is 12.3. The fourth-order valence-electron chi connectivity index (χ4n) is 2.35. The van der Waals surface area contributed by atoms with Crippen LogP contribution >= 0.6 is 0 Å². The largest absolute Gasteiger partial charge is 0.459 e. The van der Waals surface area contributed by atoms with Crippen LogP contribution in [0.3, 0.4) is 0 Å². The van der Waals surface area contributed by atoms with Gasteiger partial charge in [-0.15, -0.1) is 0 Å². The Bertz CT molecular complexity index is 660. The van der Waals surface area contributed by atoms with E-state index in [0.717, 1.165) is 23.4 Å². The highest BCUT2D eigenvalue weighted by molar-refractivity contribution is 5.94. The summed E-state index contributed by atoms with van der Waals surface area (Å²) in [5.41, 5.74) is 2.40. The van der Waals surface area contributed by atoms with E-state index in [9.17, 15) is 4.79 Å². The fraction of sp³-hybridized carbons (Fsp3) is 0.471.